The molecule has 3 rings (SSSR count). The number of aromatic nitrogens is 2. The highest BCUT2D eigenvalue weighted by Crippen LogP contribution is 2.29. The lowest BCUT2D eigenvalue weighted by Crippen LogP contribution is -2.09. The van der Waals surface area contributed by atoms with Crippen LogP contribution in [0.2, 0.25) is 0 Å². The van der Waals surface area contributed by atoms with Crippen LogP contribution in [0.4, 0.5) is 5.69 Å². The lowest BCUT2D eigenvalue weighted by Gasteiger charge is -1.94. The molecule has 0 fully saturated rings. The second-order valence-corrected chi connectivity index (χ2v) is 4.30. The molecule has 0 aliphatic carbocycles. The van der Waals surface area contributed by atoms with Crippen molar-refractivity contribution in [1.29, 1.82) is 0 Å². The van der Waals surface area contributed by atoms with Gasteiger partial charge in [0.05, 0.1) is 20.4 Å². The number of fused-ring (bicyclic) bond motifs is 1. The molecule has 0 N–H and O–H groups in total. The molecule has 2 aromatic carbocycles. The van der Waals surface area contributed by atoms with E-state index in [0.29, 0.717) is 27.0 Å². The van der Waals surface area contributed by atoms with E-state index < -0.39 is 9.96 Å². The number of benzene rings is 2. The van der Waals surface area contributed by atoms with Gasteiger partial charge in [-0.25, -0.2) is 0 Å². The minimum atomic E-state index is -0.636. The Labute approximate surface area is 117 Å². The number of nitro groups is 2. The summed E-state index contributed by atoms with van der Waals surface area (Å²) in [5.74, 6) is 0. The highest BCUT2D eigenvalue weighted by atomic mass is 16.7. The molecule has 8 heteroatoms. The Kier molecular flexibility index (Phi) is 2.83. The minimum absolute atomic E-state index is 0.0905. The molecule has 0 saturated carbocycles. The molecule has 0 spiro atoms. The Balaban J connectivity index is 2.28. The van der Waals surface area contributed by atoms with Gasteiger partial charge in [-0.15, -0.1) is 0 Å². The van der Waals surface area contributed by atoms with E-state index in [2.05, 4.69) is 5.10 Å². The van der Waals surface area contributed by atoms with Gasteiger partial charge < -0.3 is 10.1 Å². The average Bonchev–Trinajstić information content (AvgIpc) is 2.87. The normalized spacial score (nSPS) is 10.7. The van der Waals surface area contributed by atoms with Gasteiger partial charge in [-0.1, -0.05) is 18.2 Å². The van der Waals surface area contributed by atoms with Crippen molar-refractivity contribution in [2.45, 2.75) is 0 Å². The van der Waals surface area contributed by atoms with Crippen molar-refractivity contribution in [1.82, 2.24) is 9.89 Å². The van der Waals surface area contributed by atoms with Crippen LogP contribution < -0.4 is 0 Å². The first-order chi connectivity index (χ1) is 10.1. The zero-order valence-corrected chi connectivity index (χ0v) is 10.5. The summed E-state index contributed by atoms with van der Waals surface area (Å²) in [7, 11) is 0. The van der Waals surface area contributed by atoms with E-state index in [1.54, 1.807) is 30.3 Å². The van der Waals surface area contributed by atoms with Crippen molar-refractivity contribution in [3.8, 4) is 11.3 Å². The maximum Gasteiger partial charge on any atom is 0.270 e. The Morgan fingerprint density at radius 3 is 2.48 bits per heavy atom. The quantitative estimate of drug-likeness (QED) is 0.543. The van der Waals surface area contributed by atoms with Crippen LogP contribution in [-0.2, 0) is 0 Å². The van der Waals surface area contributed by atoms with E-state index in [1.807, 2.05) is 0 Å². The molecule has 0 atom stereocenters. The van der Waals surface area contributed by atoms with Crippen molar-refractivity contribution < 1.29 is 9.96 Å². The molecule has 0 radical (unpaired) electrons. The molecule has 8 nitrogen and oxygen atoms in total. The van der Waals surface area contributed by atoms with Crippen LogP contribution >= 0.6 is 0 Å². The van der Waals surface area contributed by atoms with Crippen molar-refractivity contribution in [2.24, 2.45) is 0 Å². The van der Waals surface area contributed by atoms with Crippen LogP contribution in [-0.4, -0.2) is 19.8 Å². The minimum Gasteiger partial charge on any atom is -0.339 e. The smallest absolute Gasteiger partial charge is 0.270 e. The summed E-state index contributed by atoms with van der Waals surface area (Å²) in [5.41, 5.74) is 1.04. The zero-order valence-electron chi connectivity index (χ0n) is 10.5. The molecule has 21 heavy (non-hydrogen) atoms. The lowest BCUT2D eigenvalue weighted by atomic mass is 10.1. The molecule has 3 aromatic rings. The molecule has 1 aromatic heterocycles. The van der Waals surface area contributed by atoms with Gasteiger partial charge in [0.1, 0.15) is 5.52 Å². The Bertz CT molecular complexity index is 871. The molecule has 0 saturated heterocycles. The molecule has 104 valence electrons. The third-order valence-electron chi connectivity index (χ3n) is 3.05. The molecule has 0 unspecified atom stereocenters. The predicted octanol–water partition coefficient (Wildman–Crippen LogP) is 2.65. The molecule has 0 aliphatic rings. The molecule has 0 amide bonds. The van der Waals surface area contributed by atoms with Gasteiger partial charge >= 0.3 is 0 Å². The van der Waals surface area contributed by atoms with Gasteiger partial charge in [-0.05, 0) is 18.2 Å². The summed E-state index contributed by atoms with van der Waals surface area (Å²) in [5, 5.41) is 25.7. The van der Waals surface area contributed by atoms with Gasteiger partial charge in [0, 0.05) is 22.5 Å². The molecule has 0 bridgehead atoms. The van der Waals surface area contributed by atoms with Gasteiger partial charge in [0.15, 0.2) is 0 Å². The average molecular weight is 284 g/mol. The summed E-state index contributed by atoms with van der Waals surface area (Å²) in [6, 6.07) is 12.5. The fourth-order valence-corrected chi connectivity index (χ4v) is 2.16. The Hall–Kier alpha value is -3.29. The maximum absolute atomic E-state index is 11.0. The van der Waals surface area contributed by atoms with Crippen molar-refractivity contribution in [3.63, 3.8) is 0 Å². The number of hydrogen-bond donors (Lipinski definition) is 0. The second kappa shape index (κ2) is 4.67. The number of nitrogens with zero attached hydrogens (tertiary/aromatic N) is 4. The van der Waals surface area contributed by atoms with Crippen molar-refractivity contribution in [3.05, 3.63) is 68.8 Å². The van der Waals surface area contributed by atoms with Crippen LogP contribution in [0, 0.1) is 20.2 Å². The third-order valence-corrected chi connectivity index (χ3v) is 3.05. The number of para-hydroxylation sites is 1. The summed E-state index contributed by atoms with van der Waals surface area (Å²) >= 11 is 0. The lowest BCUT2D eigenvalue weighted by molar-refractivity contribution is -0.548. The maximum atomic E-state index is 11.0. The van der Waals surface area contributed by atoms with Crippen LogP contribution in [0.3, 0.4) is 0 Å². The van der Waals surface area contributed by atoms with E-state index in [9.17, 15) is 20.2 Å². The third kappa shape index (κ3) is 2.08. The number of non-ortho nitro benzene ring substituents is 1. The van der Waals surface area contributed by atoms with E-state index >= 15 is 0 Å². The summed E-state index contributed by atoms with van der Waals surface area (Å²) in [6.07, 6.45) is 0. The zero-order chi connectivity index (χ0) is 15.0. The fraction of sp³-hybridized carbons (Fsp3) is 0. The molecular weight excluding hydrogens is 276 g/mol. The standard InChI is InChI=1S/C13H8N4O4/c18-16(19)10-5-3-4-9(8-10)13-11-6-1-2-7-12(11)15(14-13)17(20)21/h1-8H. The highest BCUT2D eigenvalue weighted by Gasteiger charge is 2.22. The molecular formula is C13H8N4O4. The van der Waals surface area contributed by atoms with Gasteiger partial charge in [0.2, 0.25) is 5.69 Å². The van der Waals surface area contributed by atoms with E-state index in [1.165, 1.54) is 18.2 Å². The van der Waals surface area contributed by atoms with Crippen LogP contribution in [0.1, 0.15) is 0 Å². The number of rotatable bonds is 3. The SMILES string of the molecule is O=[N+]([O-])c1cccc(-c2nn([N+](=O)[O-])c3ccccc23)c1. The molecule has 1 heterocycles. The van der Waals surface area contributed by atoms with Gasteiger partial charge in [-0.3, -0.25) is 10.1 Å². The second-order valence-electron chi connectivity index (χ2n) is 4.30. The summed E-state index contributed by atoms with van der Waals surface area (Å²) < 4.78 is 0. The predicted molar refractivity (Wildman–Crippen MR) is 74.2 cm³/mol. The van der Waals surface area contributed by atoms with Crippen LogP contribution in [0.15, 0.2) is 48.5 Å². The number of hydrogen-bond acceptors (Lipinski definition) is 5. The first kappa shape index (κ1) is 12.7. The summed E-state index contributed by atoms with van der Waals surface area (Å²) in [4.78, 5) is 22.0. The van der Waals surface area contributed by atoms with Crippen LogP contribution in [0.5, 0.6) is 0 Å². The number of nitro benzene ring substituents is 1. The first-order valence-electron chi connectivity index (χ1n) is 5.95. The van der Waals surface area contributed by atoms with Crippen molar-refractivity contribution in [2.75, 3.05) is 0 Å². The van der Waals surface area contributed by atoms with E-state index in [0.717, 1.165) is 0 Å². The van der Waals surface area contributed by atoms with Gasteiger partial charge in [0.25, 0.3) is 5.69 Å². The molecule has 0 aliphatic heterocycles. The van der Waals surface area contributed by atoms with Crippen LogP contribution in [0.25, 0.3) is 22.2 Å². The largest absolute Gasteiger partial charge is 0.339 e. The monoisotopic (exact) mass is 284 g/mol. The van der Waals surface area contributed by atoms with Crippen molar-refractivity contribution >= 4 is 16.6 Å². The topological polar surface area (TPSA) is 104 Å². The fourth-order valence-electron chi connectivity index (χ4n) is 2.16. The Morgan fingerprint density at radius 2 is 1.76 bits per heavy atom. The van der Waals surface area contributed by atoms with Gasteiger partial charge in [-0.2, -0.15) is 0 Å². The first-order valence-corrected chi connectivity index (χ1v) is 5.95. The highest BCUT2D eigenvalue weighted by molar-refractivity contribution is 5.93. The van der Waals surface area contributed by atoms with E-state index in [-0.39, 0.29) is 5.69 Å². The Morgan fingerprint density at radius 1 is 1.00 bits per heavy atom. The summed E-state index contributed by atoms with van der Waals surface area (Å²) in [6.45, 7) is 0. The van der Waals surface area contributed by atoms with E-state index in [4.69, 9.17) is 0 Å².